The number of rotatable bonds is 2. The fourth-order valence-corrected chi connectivity index (χ4v) is 1.08. The number of amides is 1. The summed E-state index contributed by atoms with van der Waals surface area (Å²) in [4.78, 5) is 10.1. The Morgan fingerprint density at radius 3 is 2.75 bits per heavy atom. The van der Waals surface area contributed by atoms with Crippen molar-refractivity contribution in [3.05, 3.63) is 22.7 Å². The number of halogens is 1. The molecule has 0 aromatic heterocycles. The zero-order valence-corrected chi connectivity index (χ0v) is 7.35. The van der Waals surface area contributed by atoms with Crippen LogP contribution in [0.2, 0.25) is 5.02 Å². The summed E-state index contributed by atoms with van der Waals surface area (Å²) in [5, 5.41) is 3.03. The van der Waals surface area contributed by atoms with E-state index in [2.05, 4.69) is 5.32 Å². The molecule has 0 saturated carbocycles. The number of hydrogen-bond donors (Lipinski definition) is 2. The van der Waals surface area contributed by atoms with Crippen molar-refractivity contribution in [3.8, 4) is 0 Å². The predicted octanol–water partition coefficient (Wildman–Crippen LogP) is 1.80. The minimum Gasteiger partial charge on any atom is -0.398 e. The number of anilines is 2. The van der Waals surface area contributed by atoms with Gasteiger partial charge < -0.3 is 11.1 Å². The van der Waals surface area contributed by atoms with E-state index in [-0.39, 0.29) is 0 Å². The van der Waals surface area contributed by atoms with E-state index in [0.717, 1.165) is 5.56 Å². The van der Waals surface area contributed by atoms with Gasteiger partial charge in [-0.05, 0) is 24.6 Å². The van der Waals surface area contributed by atoms with E-state index in [1.165, 1.54) is 0 Å². The molecule has 1 amide bonds. The van der Waals surface area contributed by atoms with Gasteiger partial charge >= 0.3 is 0 Å². The van der Waals surface area contributed by atoms with Crippen LogP contribution in [0.3, 0.4) is 0 Å². The van der Waals surface area contributed by atoms with E-state index in [1.54, 1.807) is 12.1 Å². The van der Waals surface area contributed by atoms with Crippen molar-refractivity contribution < 1.29 is 4.79 Å². The largest absolute Gasteiger partial charge is 0.398 e. The first kappa shape index (κ1) is 8.87. The summed E-state index contributed by atoms with van der Waals surface area (Å²) < 4.78 is 0. The summed E-state index contributed by atoms with van der Waals surface area (Å²) in [5.41, 5.74) is 7.62. The second-order valence-corrected chi connectivity index (χ2v) is 2.84. The van der Waals surface area contributed by atoms with E-state index in [1.807, 2.05) is 6.92 Å². The van der Waals surface area contributed by atoms with Gasteiger partial charge in [-0.2, -0.15) is 0 Å². The normalized spacial score (nSPS) is 9.50. The van der Waals surface area contributed by atoms with Crippen LogP contribution in [0.4, 0.5) is 11.4 Å². The Morgan fingerprint density at radius 1 is 1.58 bits per heavy atom. The van der Waals surface area contributed by atoms with Gasteiger partial charge in [0, 0.05) is 16.4 Å². The van der Waals surface area contributed by atoms with Gasteiger partial charge in [0.25, 0.3) is 0 Å². The van der Waals surface area contributed by atoms with Crippen LogP contribution < -0.4 is 11.1 Å². The van der Waals surface area contributed by atoms with Gasteiger partial charge in [0.1, 0.15) is 0 Å². The van der Waals surface area contributed by atoms with Crippen molar-refractivity contribution in [2.75, 3.05) is 11.1 Å². The lowest BCUT2D eigenvalue weighted by Gasteiger charge is -2.05. The molecule has 0 aliphatic heterocycles. The molecule has 0 heterocycles. The number of carbonyl (C=O) groups is 1. The molecule has 12 heavy (non-hydrogen) atoms. The lowest BCUT2D eigenvalue weighted by Crippen LogP contribution is -1.97. The number of nitrogens with one attached hydrogen (secondary N) is 1. The van der Waals surface area contributed by atoms with E-state index in [9.17, 15) is 4.79 Å². The fourth-order valence-electron chi connectivity index (χ4n) is 0.851. The predicted molar refractivity (Wildman–Crippen MR) is 50.3 cm³/mol. The fraction of sp³-hybridized carbons (Fsp3) is 0.125. The van der Waals surface area contributed by atoms with Crippen LogP contribution in [0.25, 0.3) is 0 Å². The van der Waals surface area contributed by atoms with Crippen molar-refractivity contribution in [1.29, 1.82) is 0 Å². The quantitative estimate of drug-likeness (QED) is 0.544. The maximum Gasteiger partial charge on any atom is 0.211 e. The maximum absolute atomic E-state index is 10.1. The molecular formula is C8H9ClN2O. The highest BCUT2D eigenvalue weighted by Gasteiger charge is 2.01. The summed E-state index contributed by atoms with van der Waals surface area (Å²) in [6.45, 7) is 1.82. The topological polar surface area (TPSA) is 55.1 Å². The monoisotopic (exact) mass is 184 g/mol. The summed E-state index contributed by atoms with van der Waals surface area (Å²) in [7, 11) is 0. The van der Waals surface area contributed by atoms with Crippen LogP contribution >= 0.6 is 11.6 Å². The van der Waals surface area contributed by atoms with Crippen LogP contribution in [0.15, 0.2) is 12.1 Å². The first-order chi connectivity index (χ1) is 5.65. The minimum absolute atomic E-state index is 0.555. The standard InChI is InChI=1S/C8H9ClN2O/c1-5-7(9)2-6(11-4-12)3-8(5)10/h2-4H,10H2,1H3,(H,11,12). The maximum atomic E-state index is 10.1. The molecule has 0 spiro atoms. The number of benzene rings is 1. The molecule has 4 heteroatoms. The van der Waals surface area contributed by atoms with Gasteiger partial charge in [0.05, 0.1) is 0 Å². The molecule has 0 fully saturated rings. The number of nitrogen functional groups attached to an aromatic ring is 1. The van der Waals surface area contributed by atoms with Gasteiger partial charge in [-0.3, -0.25) is 4.79 Å². The average Bonchev–Trinajstić information content (AvgIpc) is 2.01. The van der Waals surface area contributed by atoms with Crippen molar-refractivity contribution in [3.63, 3.8) is 0 Å². The van der Waals surface area contributed by atoms with Crippen molar-refractivity contribution in [1.82, 2.24) is 0 Å². The smallest absolute Gasteiger partial charge is 0.211 e. The summed E-state index contributed by atoms with van der Waals surface area (Å²) in [5.74, 6) is 0. The van der Waals surface area contributed by atoms with Crippen LogP contribution in [0.5, 0.6) is 0 Å². The summed E-state index contributed by atoms with van der Waals surface area (Å²) in [6.07, 6.45) is 0.584. The second kappa shape index (κ2) is 3.45. The third-order valence-electron chi connectivity index (χ3n) is 1.61. The lowest BCUT2D eigenvalue weighted by atomic mass is 10.2. The van der Waals surface area contributed by atoms with Crippen LogP contribution in [0, 0.1) is 6.92 Å². The van der Waals surface area contributed by atoms with Gasteiger partial charge in [-0.15, -0.1) is 0 Å². The molecule has 3 nitrogen and oxygen atoms in total. The highest BCUT2D eigenvalue weighted by Crippen LogP contribution is 2.25. The van der Waals surface area contributed by atoms with Crippen molar-refractivity contribution >= 4 is 29.4 Å². The Balaban J connectivity index is 3.11. The average molecular weight is 185 g/mol. The Kier molecular flexibility index (Phi) is 2.55. The highest BCUT2D eigenvalue weighted by atomic mass is 35.5. The lowest BCUT2D eigenvalue weighted by molar-refractivity contribution is -0.105. The zero-order chi connectivity index (χ0) is 9.14. The number of carbonyl (C=O) groups excluding carboxylic acids is 1. The molecule has 1 aromatic carbocycles. The van der Waals surface area contributed by atoms with Crippen LogP contribution in [-0.4, -0.2) is 6.41 Å². The summed E-state index contributed by atoms with van der Waals surface area (Å²) >= 11 is 5.82. The van der Waals surface area contributed by atoms with Gasteiger partial charge in [-0.1, -0.05) is 11.6 Å². The molecule has 0 aliphatic rings. The van der Waals surface area contributed by atoms with Crippen LogP contribution in [0.1, 0.15) is 5.56 Å². The van der Waals surface area contributed by atoms with E-state index >= 15 is 0 Å². The molecule has 0 radical (unpaired) electrons. The highest BCUT2D eigenvalue weighted by molar-refractivity contribution is 6.32. The molecule has 0 saturated heterocycles. The first-order valence-corrected chi connectivity index (χ1v) is 3.78. The molecule has 1 aromatic rings. The molecule has 0 aliphatic carbocycles. The molecule has 0 atom stereocenters. The molecule has 0 unspecified atom stereocenters. The zero-order valence-electron chi connectivity index (χ0n) is 6.60. The molecule has 0 bridgehead atoms. The van der Waals surface area contributed by atoms with Gasteiger partial charge in [0.15, 0.2) is 0 Å². The SMILES string of the molecule is Cc1c(N)cc(NC=O)cc1Cl. The van der Waals surface area contributed by atoms with E-state index in [4.69, 9.17) is 17.3 Å². The minimum atomic E-state index is 0.555. The van der Waals surface area contributed by atoms with Gasteiger partial charge in [0.2, 0.25) is 6.41 Å². The molecular weight excluding hydrogens is 176 g/mol. The Hall–Kier alpha value is -1.22. The second-order valence-electron chi connectivity index (χ2n) is 2.43. The summed E-state index contributed by atoms with van der Waals surface area (Å²) in [6, 6.07) is 3.32. The Labute approximate surface area is 75.5 Å². The number of nitrogens with two attached hydrogens (primary N) is 1. The van der Waals surface area contributed by atoms with Crippen LogP contribution in [-0.2, 0) is 4.79 Å². The van der Waals surface area contributed by atoms with Gasteiger partial charge in [-0.25, -0.2) is 0 Å². The van der Waals surface area contributed by atoms with E-state index < -0.39 is 0 Å². The third kappa shape index (κ3) is 1.68. The molecule has 64 valence electrons. The van der Waals surface area contributed by atoms with Crippen molar-refractivity contribution in [2.24, 2.45) is 0 Å². The Bertz CT molecular complexity index is 289. The Morgan fingerprint density at radius 2 is 2.25 bits per heavy atom. The third-order valence-corrected chi connectivity index (χ3v) is 2.00. The first-order valence-electron chi connectivity index (χ1n) is 3.41. The van der Waals surface area contributed by atoms with E-state index in [0.29, 0.717) is 22.8 Å². The van der Waals surface area contributed by atoms with Crippen molar-refractivity contribution in [2.45, 2.75) is 6.92 Å². The number of hydrogen-bond acceptors (Lipinski definition) is 2. The molecule has 1 rings (SSSR count). The molecule has 3 N–H and O–H groups in total.